The van der Waals surface area contributed by atoms with E-state index in [4.69, 9.17) is 4.74 Å². The molecule has 1 saturated heterocycles. The van der Waals surface area contributed by atoms with E-state index in [1.807, 2.05) is 13.8 Å². The molecule has 0 aliphatic carbocycles. The summed E-state index contributed by atoms with van der Waals surface area (Å²) in [6.45, 7) is 7.08. The third-order valence-corrected chi connectivity index (χ3v) is 2.79. The minimum absolute atomic E-state index is 0.0892. The van der Waals surface area contributed by atoms with Crippen molar-refractivity contribution in [2.24, 2.45) is 0 Å². The minimum atomic E-state index is -0.0929. The smallest absolute Gasteiger partial charge is 0.330 e. The van der Waals surface area contributed by atoms with Gasteiger partial charge in [0.15, 0.2) is 0 Å². The third-order valence-electron chi connectivity index (χ3n) is 2.79. The Kier molecular flexibility index (Phi) is 2.35. The first kappa shape index (κ1) is 9.37. The van der Waals surface area contributed by atoms with Crippen molar-refractivity contribution in [1.29, 1.82) is 0 Å². The van der Waals surface area contributed by atoms with E-state index in [0.717, 1.165) is 19.6 Å². The molecule has 3 aliphatic heterocycles. The van der Waals surface area contributed by atoms with E-state index in [0.29, 0.717) is 6.61 Å². The summed E-state index contributed by atoms with van der Waals surface area (Å²) in [4.78, 5) is 15.9. The molecule has 1 atom stereocenters. The van der Waals surface area contributed by atoms with E-state index in [1.54, 1.807) is 0 Å². The highest BCUT2D eigenvalue weighted by Crippen LogP contribution is 2.23. The number of nitrogens with zero attached hydrogens (tertiary/aromatic N) is 2. The molecule has 0 amide bonds. The lowest BCUT2D eigenvalue weighted by Crippen LogP contribution is -2.58. The van der Waals surface area contributed by atoms with Crippen molar-refractivity contribution in [2.75, 3.05) is 26.2 Å². The topological polar surface area (TPSA) is 32.8 Å². The van der Waals surface area contributed by atoms with Gasteiger partial charge in [-0.3, -0.25) is 0 Å². The Morgan fingerprint density at radius 1 is 1.64 bits per heavy atom. The molecule has 0 saturated carbocycles. The number of piperazine rings is 1. The van der Waals surface area contributed by atoms with Gasteiger partial charge in [-0.2, -0.15) is 0 Å². The van der Waals surface area contributed by atoms with Gasteiger partial charge in [0.2, 0.25) is 0 Å². The first-order valence-corrected chi connectivity index (χ1v) is 5.08. The number of allylic oxidation sites excluding steroid dienone is 1. The first-order chi connectivity index (χ1) is 6.72. The number of hydrogen-bond donors (Lipinski definition) is 0. The van der Waals surface area contributed by atoms with Crippen molar-refractivity contribution in [3.63, 3.8) is 0 Å². The van der Waals surface area contributed by atoms with Gasteiger partial charge in [-0.1, -0.05) is 0 Å². The summed E-state index contributed by atoms with van der Waals surface area (Å²) in [5.41, 5.74) is 1.17. The average molecular weight is 196 g/mol. The minimum Gasteiger partial charge on any atom is -0.464 e. The van der Waals surface area contributed by atoms with Crippen LogP contribution in [0.15, 0.2) is 11.9 Å². The Morgan fingerprint density at radius 3 is 3.00 bits per heavy atom. The average Bonchev–Trinajstić information content (AvgIpc) is 2.18. The van der Waals surface area contributed by atoms with E-state index in [-0.39, 0.29) is 12.0 Å². The number of esters is 1. The molecule has 78 valence electrons. The zero-order valence-electron chi connectivity index (χ0n) is 8.69. The van der Waals surface area contributed by atoms with Crippen molar-refractivity contribution >= 4 is 5.97 Å². The van der Waals surface area contributed by atoms with Crippen LogP contribution in [0.4, 0.5) is 0 Å². The molecular weight excluding hydrogens is 180 g/mol. The maximum absolute atomic E-state index is 11.6. The maximum Gasteiger partial charge on any atom is 0.330 e. The van der Waals surface area contributed by atoms with Crippen LogP contribution in [0.2, 0.25) is 0 Å². The van der Waals surface area contributed by atoms with Crippen LogP contribution in [0.5, 0.6) is 0 Å². The summed E-state index contributed by atoms with van der Waals surface area (Å²) in [7, 11) is 0. The van der Waals surface area contributed by atoms with E-state index in [9.17, 15) is 4.79 Å². The molecule has 2 bridgehead atoms. The molecule has 4 heteroatoms. The maximum atomic E-state index is 11.6. The summed E-state index contributed by atoms with van der Waals surface area (Å²) < 4.78 is 5.05. The fraction of sp³-hybridized carbons (Fsp3) is 0.700. The molecule has 0 spiro atoms. The molecular formula is C10H16N2O2. The second-order valence-electron chi connectivity index (χ2n) is 3.73. The third kappa shape index (κ3) is 1.45. The van der Waals surface area contributed by atoms with Crippen LogP contribution in [0.1, 0.15) is 13.8 Å². The van der Waals surface area contributed by atoms with Gasteiger partial charge >= 0.3 is 5.97 Å². The van der Waals surface area contributed by atoms with E-state index in [2.05, 4.69) is 16.0 Å². The van der Waals surface area contributed by atoms with Crippen LogP contribution >= 0.6 is 0 Å². The highest BCUT2D eigenvalue weighted by atomic mass is 16.5. The number of fused-ring (bicyclic) bond motifs is 2. The molecule has 0 aromatic rings. The Labute approximate surface area is 84.1 Å². The van der Waals surface area contributed by atoms with Gasteiger partial charge in [0.25, 0.3) is 0 Å². The predicted molar refractivity (Wildman–Crippen MR) is 52.5 cm³/mol. The summed E-state index contributed by atoms with van der Waals surface area (Å²) in [5.74, 6) is -0.0929. The van der Waals surface area contributed by atoms with Crippen molar-refractivity contribution in [1.82, 2.24) is 9.80 Å². The molecule has 14 heavy (non-hydrogen) atoms. The molecule has 1 unspecified atom stereocenters. The van der Waals surface area contributed by atoms with Gasteiger partial charge in [0.1, 0.15) is 6.04 Å². The second-order valence-corrected chi connectivity index (χ2v) is 3.73. The summed E-state index contributed by atoms with van der Waals surface area (Å²) in [6.07, 6.45) is 2.11. The van der Waals surface area contributed by atoms with Gasteiger partial charge in [0.05, 0.1) is 6.61 Å². The van der Waals surface area contributed by atoms with E-state index < -0.39 is 0 Å². The van der Waals surface area contributed by atoms with Crippen LogP contribution in [0, 0.1) is 0 Å². The molecule has 3 heterocycles. The zero-order valence-corrected chi connectivity index (χ0v) is 8.69. The Bertz CT molecular complexity index is 275. The van der Waals surface area contributed by atoms with E-state index >= 15 is 0 Å². The molecule has 3 rings (SSSR count). The number of hydrogen-bond acceptors (Lipinski definition) is 4. The van der Waals surface area contributed by atoms with Crippen molar-refractivity contribution in [2.45, 2.75) is 19.9 Å². The predicted octanol–water partition coefficient (Wildman–Crippen LogP) is 0.411. The van der Waals surface area contributed by atoms with Crippen LogP contribution in [-0.2, 0) is 9.53 Å². The fourth-order valence-electron chi connectivity index (χ4n) is 2.12. The van der Waals surface area contributed by atoms with Crippen LogP contribution < -0.4 is 0 Å². The zero-order chi connectivity index (χ0) is 10.1. The number of rotatable bonds is 2. The van der Waals surface area contributed by atoms with Crippen LogP contribution in [0.3, 0.4) is 0 Å². The first-order valence-electron chi connectivity index (χ1n) is 5.08. The summed E-state index contributed by atoms with van der Waals surface area (Å²) in [6, 6.07) is -0.0892. The standard InChI is InChI=1S/C10H16N2O2/c1-3-14-10(13)9-7-11-4-5-12(9)8(2)6-11/h6,9H,3-5,7H2,1-2H3. The largest absolute Gasteiger partial charge is 0.464 e. The highest BCUT2D eigenvalue weighted by Gasteiger charge is 2.36. The van der Waals surface area contributed by atoms with Crippen molar-refractivity contribution < 1.29 is 9.53 Å². The fourth-order valence-corrected chi connectivity index (χ4v) is 2.12. The Balaban J connectivity index is 2.09. The van der Waals surface area contributed by atoms with Crippen molar-refractivity contribution in [3.05, 3.63) is 11.9 Å². The van der Waals surface area contributed by atoms with Crippen LogP contribution in [-0.4, -0.2) is 48.1 Å². The molecule has 0 N–H and O–H groups in total. The lowest BCUT2D eigenvalue weighted by molar-refractivity contribution is -0.151. The normalized spacial score (nSPS) is 25.0. The monoisotopic (exact) mass is 196 g/mol. The molecule has 1 fully saturated rings. The lowest BCUT2D eigenvalue weighted by Gasteiger charge is -2.46. The number of ether oxygens (including phenoxy) is 1. The van der Waals surface area contributed by atoms with Gasteiger partial charge in [-0.25, -0.2) is 4.79 Å². The van der Waals surface area contributed by atoms with Crippen LogP contribution in [0.25, 0.3) is 0 Å². The highest BCUT2D eigenvalue weighted by molar-refractivity contribution is 5.76. The molecule has 3 aliphatic rings. The van der Waals surface area contributed by atoms with Crippen molar-refractivity contribution in [3.8, 4) is 0 Å². The summed E-state index contributed by atoms with van der Waals surface area (Å²) >= 11 is 0. The molecule has 0 radical (unpaired) electrons. The molecule has 4 nitrogen and oxygen atoms in total. The number of carbonyl (C=O) groups is 1. The van der Waals surface area contributed by atoms with Gasteiger partial charge in [-0.05, 0) is 13.8 Å². The van der Waals surface area contributed by atoms with E-state index in [1.165, 1.54) is 5.70 Å². The number of carbonyl (C=O) groups excluding carboxylic acids is 1. The SMILES string of the molecule is CCOC(=O)C1CN2C=C(C)N1CC2. The Hall–Kier alpha value is -1.19. The summed E-state index contributed by atoms with van der Waals surface area (Å²) in [5, 5.41) is 0. The molecule has 0 aromatic heterocycles. The van der Waals surface area contributed by atoms with Gasteiger partial charge in [-0.15, -0.1) is 0 Å². The van der Waals surface area contributed by atoms with Gasteiger partial charge < -0.3 is 14.5 Å². The lowest BCUT2D eigenvalue weighted by atomic mass is 10.1. The molecule has 0 aromatic carbocycles. The van der Waals surface area contributed by atoms with Gasteiger partial charge in [0, 0.05) is 31.5 Å². The second kappa shape index (κ2) is 3.52. The quantitative estimate of drug-likeness (QED) is 0.599. The Morgan fingerprint density at radius 2 is 2.43 bits per heavy atom.